The van der Waals surface area contributed by atoms with Crippen molar-refractivity contribution in [3.8, 4) is 17.1 Å². The van der Waals surface area contributed by atoms with Crippen molar-refractivity contribution in [2.24, 2.45) is 0 Å². The van der Waals surface area contributed by atoms with E-state index in [4.69, 9.17) is 19.4 Å². The van der Waals surface area contributed by atoms with Crippen LogP contribution in [-0.2, 0) is 16.1 Å². The largest absolute Gasteiger partial charge is 0.497 e. The number of carbonyl (C=O) groups is 1. The zero-order valence-corrected chi connectivity index (χ0v) is 20.4. The molecule has 1 aliphatic rings. The SMILES string of the molecule is CNC(=O)C[C@@H]1O[C@@H](n2cnc3c(NCc4ccccc4)nc(-c4cccc(OC)c4)nc32)[C@H](O)[C@@H]1O. The lowest BCUT2D eigenvalue weighted by Crippen LogP contribution is -2.34. The molecule has 1 amide bonds. The second-order valence-electron chi connectivity index (χ2n) is 8.71. The number of benzene rings is 2. The minimum absolute atomic E-state index is 0.0915. The van der Waals surface area contributed by atoms with Crippen molar-refractivity contribution in [3.63, 3.8) is 0 Å². The van der Waals surface area contributed by atoms with E-state index in [1.165, 1.54) is 13.4 Å². The summed E-state index contributed by atoms with van der Waals surface area (Å²) in [6.07, 6.45) is -3.02. The Morgan fingerprint density at radius 3 is 2.68 bits per heavy atom. The van der Waals surface area contributed by atoms with Crippen molar-refractivity contribution < 1.29 is 24.5 Å². The van der Waals surface area contributed by atoms with Gasteiger partial charge in [-0.15, -0.1) is 0 Å². The van der Waals surface area contributed by atoms with Gasteiger partial charge in [-0.2, -0.15) is 0 Å². The molecule has 0 saturated carbocycles. The van der Waals surface area contributed by atoms with Crippen LogP contribution in [0.25, 0.3) is 22.6 Å². The third kappa shape index (κ3) is 4.96. The number of ether oxygens (including phenoxy) is 2. The van der Waals surface area contributed by atoms with Gasteiger partial charge in [-0.3, -0.25) is 9.36 Å². The maximum absolute atomic E-state index is 11.9. The van der Waals surface area contributed by atoms with Crippen LogP contribution in [0.2, 0.25) is 0 Å². The Balaban J connectivity index is 1.56. The number of aliphatic hydroxyl groups excluding tert-OH is 2. The first-order chi connectivity index (χ1) is 18.0. The molecule has 4 N–H and O–H groups in total. The van der Waals surface area contributed by atoms with Crippen molar-refractivity contribution in [2.75, 3.05) is 19.5 Å². The monoisotopic (exact) mass is 504 g/mol. The molecule has 0 bridgehead atoms. The second kappa shape index (κ2) is 10.5. The number of hydrogen-bond donors (Lipinski definition) is 4. The van der Waals surface area contributed by atoms with Gasteiger partial charge in [0.2, 0.25) is 5.91 Å². The molecule has 0 aliphatic carbocycles. The van der Waals surface area contributed by atoms with Gasteiger partial charge in [0, 0.05) is 19.2 Å². The average Bonchev–Trinajstić information content (AvgIpc) is 3.48. The van der Waals surface area contributed by atoms with Crippen LogP contribution in [0, 0.1) is 0 Å². The number of amides is 1. The Bertz CT molecular complexity index is 1390. The smallest absolute Gasteiger partial charge is 0.222 e. The standard InChI is InChI=1S/C26H28N6O5/c1-27-19(33)12-18-21(34)22(35)26(37-18)32-14-29-20-24(28-13-15-7-4-3-5-8-15)30-23(31-25(20)32)16-9-6-10-17(11-16)36-2/h3-11,14,18,21-22,26,34-35H,12-13H2,1-2H3,(H,27,33)(H,28,30,31)/t18-,21+,22+,26+/m0/s1. The third-order valence-corrected chi connectivity index (χ3v) is 6.33. The third-order valence-electron chi connectivity index (χ3n) is 6.33. The Hall–Kier alpha value is -4.06. The number of carbonyl (C=O) groups excluding carboxylic acids is 1. The number of anilines is 1. The highest BCUT2D eigenvalue weighted by molar-refractivity contribution is 5.85. The van der Waals surface area contributed by atoms with Gasteiger partial charge in [-0.05, 0) is 17.7 Å². The van der Waals surface area contributed by atoms with Gasteiger partial charge >= 0.3 is 0 Å². The number of aliphatic hydroxyl groups is 2. The lowest BCUT2D eigenvalue weighted by Gasteiger charge is -2.17. The Kier molecular flexibility index (Phi) is 6.99. The average molecular weight is 505 g/mol. The zero-order valence-electron chi connectivity index (χ0n) is 20.4. The fourth-order valence-corrected chi connectivity index (χ4v) is 4.31. The van der Waals surface area contributed by atoms with Crippen LogP contribution >= 0.6 is 0 Å². The molecule has 0 spiro atoms. The molecule has 5 rings (SSSR count). The summed E-state index contributed by atoms with van der Waals surface area (Å²) >= 11 is 0. The summed E-state index contributed by atoms with van der Waals surface area (Å²) in [5.41, 5.74) is 2.66. The molecule has 4 aromatic rings. The molecule has 2 aromatic carbocycles. The number of nitrogens with one attached hydrogen (secondary N) is 2. The number of rotatable bonds is 8. The molecular formula is C26H28N6O5. The molecule has 2 aromatic heterocycles. The van der Waals surface area contributed by atoms with Crippen LogP contribution in [0.1, 0.15) is 18.2 Å². The maximum Gasteiger partial charge on any atom is 0.222 e. The van der Waals surface area contributed by atoms with Crippen molar-refractivity contribution in [3.05, 3.63) is 66.5 Å². The molecule has 4 atom stereocenters. The fourth-order valence-electron chi connectivity index (χ4n) is 4.31. The summed E-state index contributed by atoms with van der Waals surface area (Å²) in [6, 6.07) is 17.3. The Morgan fingerprint density at radius 2 is 1.92 bits per heavy atom. The molecule has 1 fully saturated rings. The zero-order chi connectivity index (χ0) is 25.9. The topological polar surface area (TPSA) is 144 Å². The number of nitrogens with zero attached hydrogens (tertiary/aromatic N) is 4. The van der Waals surface area contributed by atoms with E-state index in [9.17, 15) is 15.0 Å². The van der Waals surface area contributed by atoms with E-state index in [2.05, 4.69) is 15.6 Å². The summed E-state index contributed by atoms with van der Waals surface area (Å²) in [5.74, 6) is 1.27. The highest BCUT2D eigenvalue weighted by Crippen LogP contribution is 2.35. The molecule has 192 valence electrons. The van der Waals surface area contributed by atoms with Gasteiger partial charge < -0.3 is 30.3 Å². The lowest BCUT2D eigenvalue weighted by atomic mass is 10.1. The first-order valence-electron chi connectivity index (χ1n) is 11.9. The second-order valence-corrected chi connectivity index (χ2v) is 8.71. The fraction of sp³-hybridized carbons (Fsp3) is 0.308. The Morgan fingerprint density at radius 1 is 1.11 bits per heavy atom. The molecule has 11 nitrogen and oxygen atoms in total. The minimum Gasteiger partial charge on any atom is -0.497 e. The van der Waals surface area contributed by atoms with E-state index in [-0.39, 0.29) is 12.3 Å². The molecular weight excluding hydrogens is 476 g/mol. The molecule has 11 heteroatoms. The van der Waals surface area contributed by atoms with Crippen LogP contribution in [0.4, 0.5) is 5.82 Å². The number of hydrogen-bond acceptors (Lipinski definition) is 9. The number of methoxy groups -OCH3 is 1. The summed E-state index contributed by atoms with van der Waals surface area (Å²) < 4.78 is 12.9. The van der Waals surface area contributed by atoms with Gasteiger partial charge in [0.25, 0.3) is 0 Å². The van der Waals surface area contributed by atoms with Crippen LogP contribution in [0.15, 0.2) is 60.9 Å². The van der Waals surface area contributed by atoms with Crippen LogP contribution in [0.3, 0.4) is 0 Å². The molecule has 1 aliphatic heterocycles. The van der Waals surface area contributed by atoms with Gasteiger partial charge in [0.05, 0.1) is 26.0 Å². The van der Waals surface area contributed by atoms with Gasteiger partial charge in [0.15, 0.2) is 29.0 Å². The predicted octanol–water partition coefficient (Wildman–Crippen LogP) is 1.87. The van der Waals surface area contributed by atoms with Crippen LogP contribution in [-0.4, -0.2) is 68.1 Å². The van der Waals surface area contributed by atoms with Gasteiger partial charge in [-0.25, -0.2) is 15.0 Å². The maximum atomic E-state index is 11.9. The summed E-state index contributed by atoms with van der Waals surface area (Å²) in [6.45, 7) is 0.507. The van der Waals surface area contributed by atoms with E-state index in [1.807, 2.05) is 54.6 Å². The summed E-state index contributed by atoms with van der Waals surface area (Å²) in [4.78, 5) is 25.9. The first-order valence-corrected chi connectivity index (χ1v) is 11.9. The predicted molar refractivity (Wildman–Crippen MR) is 136 cm³/mol. The summed E-state index contributed by atoms with van der Waals surface area (Å²) in [7, 11) is 3.09. The van der Waals surface area contributed by atoms with Crippen molar-refractivity contribution >= 4 is 22.9 Å². The van der Waals surface area contributed by atoms with Gasteiger partial charge in [-0.1, -0.05) is 42.5 Å². The van der Waals surface area contributed by atoms with Crippen molar-refractivity contribution in [1.82, 2.24) is 24.8 Å². The normalized spacial score (nSPS) is 21.2. The molecule has 3 heterocycles. The lowest BCUT2D eigenvalue weighted by molar-refractivity contribution is -0.125. The molecule has 0 unspecified atom stereocenters. The van der Waals surface area contributed by atoms with Crippen molar-refractivity contribution in [2.45, 2.75) is 37.5 Å². The number of fused-ring (bicyclic) bond motifs is 1. The van der Waals surface area contributed by atoms with Crippen molar-refractivity contribution in [1.29, 1.82) is 0 Å². The molecule has 37 heavy (non-hydrogen) atoms. The minimum atomic E-state index is -1.29. The van der Waals surface area contributed by atoms with E-state index < -0.39 is 24.5 Å². The molecule has 0 radical (unpaired) electrons. The van der Waals surface area contributed by atoms with Crippen LogP contribution < -0.4 is 15.4 Å². The highest BCUT2D eigenvalue weighted by atomic mass is 16.6. The van der Waals surface area contributed by atoms with Crippen LogP contribution in [0.5, 0.6) is 5.75 Å². The van der Waals surface area contributed by atoms with E-state index >= 15 is 0 Å². The first kappa shape index (κ1) is 24.6. The highest BCUT2D eigenvalue weighted by Gasteiger charge is 2.45. The van der Waals surface area contributed by atoms with E-state index in [0.717, 1.165) is 11.1 Å². The Labute approximate surface area is 213 Å². The number of aromatic nitrogens is 4. The van der Waals surface area contributed by atoms with E-state index in [0.29, 0.717) is 35.1 Å². The quantitative estimate of drug-likeness (QED) is 0.283. The molecule has 1 saturated heterocycles. The van der Waals surface area contributed by atoms with Gasteiger partial charge in [0.1, 0.15) is 18.0 Å². The van der Waals surface area contributed by atoms with E-state index in [1.54, 1.807) is 11.7 Å². The summed E-state index contributed by atoms with van der Waals surface area (Å²) in [5, 5.41) is 27.2. The number of imidazole rings is 1.